The van der Waals surface area contributed by atoms with Gasteiger partial charge in [-0.3, -0.25) is 24.6 Å². The van der Waals surface area contributed by atoms with Crippen LogP contribution in [0.3, 0.4) is 0 Å². The van der Waals surface area contributed by atoms with Gasteiger partial charge in [0.2, 0.25) is 5.91 Å². The van der Waals surface area contributed by atoms with Crippen LogP contribution in [0.5, 0.6) is 0 Å². The van der Waals surface area contributed by atoms with Crippen LogP contribution in [0.2, 0.25) is 0 Å². The van der Waals surface area contributed by atoms with Crippen LogP contribution in [0.15, 0.2) is 18.2 Å². The zero-order valence-corrected chi connectivity index (χ0v) is 15.5. The van der Waals surface area contributed by atoms with Crippen molar-refractivity contribution < 1.29 is 19.2 Å². The van der Waals surface area contributed by atoms with Gasteiger partial charge in [0.15, 0.2) is 0 Å². The van der Waals surface area contributed by atoms with Crippen molar-refractivity contribution in [2.24, 2.45) is 0 Å². The molecule has 1 aliphatic carbocycles. The molecule has 3 rings (SSSR count). The van der Waals surface area contributed by atoms with E-state index in [1.807, 2.05) is 0 Å². The van der Waals surface area contributed by atoms with E-state index in [1.165, 1.54) is 12.5 Å². The van der Waals surface area contributed by atoms with E-state index in [0.717, 1.165) is 25.7 Å². The maximum Gasteiger partial charge on any atom is 0.323 e. The summed E-state index contributed by atoms with van der Waals surface area (Å²) >= 11 is 0. The number of benzene rings is 1. The predicted octanol–water partition coefficient (Wildman–Crippen LogP) is 2.79. The maximum absolute atomic E-state index is 12.5. The first-order valence-electron chi connectivity index (χ1n) is 9.43. The highest BCUT2D eigenvalue weighted by Gasteiger charge is 2.37. The minimum atomic E-state index is -0.595. The number of carbonyl (C=O) groups excluding carboxylic acids is 2. The maximum atomic E-state index is 12.5. The van der Waals surface area contributed by atoms with Gasteiger partial charge in [-0.25, -0.2) is 0 Å². The lowest BCUT2D eigenvalue weighted by atomic mass is 9.92. The van der Waals surface area contributed by atoms with Crippen molar-refractivity contribution in [3.05, 3.63) is 33.9 Å². The van der Waals surface area contributed by atoms with E-state index in [2.05, 4.69) is 10.2 Å². The fourth-order valence-electron chi connectivity index (χ4n) is 3.96. The fraction of sp³-hybridized carbons (Fsp3) is 0.579. The van der Waals surface area contributed by atoms with Crippen LogP contribution in [-0.4, -0.2) is 46.9 Å². The van der Waals surface area contributed by atoms with Crippen LogP contribution in [0.1, 0.15) is 44.1 Å². The van der Waals surface area contributed by atoms with Crippen molar-refractivity contribution in [1.82, 2.24) is 4.90 Å². The van der Waals surface area contributed by atoms with E-state index in [1.54, 1.807) is 19.1 Å². The van der Waals surface area contributed by atoms with Gasteiger partial charge in [0, 0.05) is 29.9 Å². The summed E-state index contributed by atoms with van der Waals surface area (Å²) in [5.74, 6) is -0.713. The summed E-state index contributed by atoms with van der Waals surface area (Å²) < 4.78 is 5.18. The fourth-order valence-corrected chi connectivity index (χ4v) is 3.96. The molecule has 1 N–H and O–H groups in total. The normalized spacial score (nSPS) is 21.5. The van der Waals surface area contributed by atoms with Crippen LogP contribution < -0.4 is 5.32 Å². The molecule has 0 bridgehead atoms. The van der Waals surface area contributed by atoms with Gasteiger partial charge in [-0.2, -0.15) is 0 Å². The molecule has 2 fully saturated rings. The number of rotatable bonds is 5. The van der Waals surface area contributed by atoms with E-state index >= 15 is 0 Å². The number of nitro benzene ring substituents is 1. The number of nitrogens with zero attached hydrogens (tertiary/aromatic N) is 2. The number of anilines is 1. The number of amides is 1. The number of carbonyl (C=O) groups is 2. The average molecular weight is 375 g/mol. The third-order valence-electron chi connectivity index (χ3n) is 5.38. The molecule has 1 saturated heterocycles. The van der Waals surface area contributed by atoms with Gasteiger partial charge >= 0.3 is 5.97 Å². The van der Waals surface area contributed by atoms with Gasteiger partial charge in [0.25, 0.3) is 5.69 Å². The summed E-state index contributed by atoms with van der Waals surface area (Å²) in [5.41, 5.74) is 0.830. The summed E-state index contributed by atoms with van der Waals surface area (Å²) in [6.07, 6.45) is 5.55. The number of nitrogens with one attached hydrogen (secondary N) is 1. The number of hydrogen-bond acceptors (Lipinski definition) is 6. The van der Waals surface area contributed by atoms with Crippen molar-refractivity contribution in [2.45, 2.75) is 57.5 Å². The Bertz CT molecular complexity index is 730. The van der Waals surface area contributed by atoms with Crippen molar-refractivity contribution in [1.29, 1.82) is 0 Å². The number of morpholine rings is 1. The quantitative estimate of drug-likeness (QED) is 0.482. The Balaban J connectivity index is 1.68. The first-order valence-corrected chi connectivity index (χ1v) is 9.43. The smallest absolute Gasteiger partial charge is 0.323 e. The SMILES string of the molecule is Cc1ccc(NC(=O)CC2C(=O)OCCN2C2CCCCC2)cc1[N+](=O)[O-]. The van der Waals surface area contributed by atoms with E-state index in [4.69, 9.17) is 4.74 Å². The third kappa shape index (κ3) is 4.63. The van der Waals surface area contributed by atoms with Gasteiger partial charge in [-0.1, -0.05) is 25.3 Å². The minimum absolute atomic E-state index is 0.0169. The standard InChI is InChI=1S/C19H25N3O5/c1-13-7-8-14(11-16(13)22(25)26)20-18(23)12-17-19(24)27-10-9-21(17)15-5-3-2-4-6-15/h7-8,11,15,17H,2-6,9-10,12H2,1H3,(H,20,23). The lowest BCUT2D eigenvalue weighted by molar-refractivity contribution is -0.385. The van der Waals surface area contributed by atoms with Gasteiger partial charge in [-0.15, -0.1) is 0 Å². The molecule has 0 spiro atoms. The van der Waals surface area contributed by atoms with E-state index in [0.29, 0.717) is 30.4 Å². The molecule has 1 aromatic carbocycles. The molecule has 1 atom stereocenters. The van der Waals surface area contributed by atoms with Crippen molar-refractivity contribution in [3.63, 3.8) is 0 Å². The molecular weight excluding hydrogens is 350 g/mol. The molecule has 1 heterocycles. The lowest BCUT2D eigenvalue weighted by Crippen LogP contribution is -2.54. The third-order valence-corrected chi connectivity index (χ3v) is 5.38. The van der Waals surface area contributed by atoms with E-state index in [-0.39, 0.29) is 24.0 Å². The van der Waals surface area contributed by atoms with Gasteiger partial charge in [0.1, 0.15) is 12.6 Å². The highest BCUT2D eigenvalue weighted by Crippen LogP contribution is 2.27. The summed E-state index contributed by atoms with van der Waals surface area (Å²) in [4.78, 5) is 37.5. The molecule has 0 radical (unpaired) electrons. The molecule has 0 aromatic heterocycles. The Hall–Kier alpha value is -2.48. The van der Waals surface area contributed by atoms with Gasteiger partial charge in [0.05, 0.1) is 11.3 Å². The predicted molar refractivity (Wildman–Crippen MR) is 99.4 cm³/mol. The zero-order chi connectivity index (χ0) is 19.4. The topological polar surface area (TPSA) is 102 Å². The molecule has 1 aliphatic heterocycles. The molecule has 27 heavy (non-hydrogen) atoms. The second kappa shape index (κ2) is 8.47. The summed E-state index contributed by atoms with van der Waals surface area (Å²) in [6.45, 7) is 2.64. The largest absolute Gasteiger partial charge is 0.463 e. The van der Waals surface area contributed by atoms with E-state index < -0.39 is 11.0 Å². The summed E-state index contributed by atoms with van der Waals surface area (Å²) in [5, 5.41) is 13.7. The number of nitro groups is 1. The molecule has 146 valence electrons. The zero-order valence-electron chi connectivity index (χ0n) is 15.5. The highest BCUT2D eigenvalue weighted by atomic mass is 16.6. The summed E-state index contributed by atoms with van der Waals surface area (Å²) in [6, 6.07) is 4.27. The van der Waals surface area contributed by atoms with Crippen LogP contribution >= 0.6 is 0 Å². The number of hydrogen-bond donors (Lipinski definition) is 1. The van der Waals surface area contributed by atoms with Gasteiger partial charge in [-0.05, 0) is 25.8 Å². The first kappa shape index (κ1) is 19.3. The van der Waals surface area contributed by atoms with Crippen molar-refractivity contribution >= 4 is 23.3 Å². The monoisotopic (exact) mass is 375 g/mol. The molecule has 1 saturated carbocycles. The Morgan fingerprint density at radius 2 is 2.07 bits per heavy atom. The lowest BCUT2D eigenvalue weighted by Gasteiger charge is -2.41. The Morgan fingerprint density at radius 3 is 2.78 bits per heavy atom. The Morgan fingerprint density at radius 1 is 1.33 bits per heavy atom. The number of aryl methyl sites for hydroxylation is 1. The Kier molecular flexibility index (Phi) is 6.05. The Labute approximate surface area is 158 Å². The van der Waals surface area contributed by atoms with Crippen LogP contribution in [0.4, 0.5) is 11.4 Å². The molecule has 1 unspecified atom stereocenters. The van der Waals surface area contributed by atoms with Crippen LogP contribution in [-0.2, 0) is 14.3 Å². The molecule has 8 heteroatoms. The van der Waals surface area contributed by atoms with Gasteiger partial charge < -0.3 is 10.1 Å². The molecule has 8 nitrogen and oxygen atoms in total. The van der Waals surface area contributed by atoms with E-state index in [9.17, 15) is 19.7 Å². The number of ether oxygens (including phenoxy) is 1. The highest BCUT2D eigenvalue weighted by molar-refractivity contribution is 5.94. The molecule has 1 amide bonds. The number of cyclic esters (lactones) is 1. The van der Waals surface area contributed by atoms with Crippen LogP contribution in [0.25, 0.3) is 0 Å². The molecule has 2 aliphatic rings. The molecular formula is C19H25N3O5. The first-order chi connectivity index (χ1) is 13.0. The van der Waals surface area contributed by atoms with Crippen LogP contribution in [0, 0.1) is 17.0 Å². The van der Waals surface area contributed by atoms with Crippen molar-refractivity contribution in [2.75, 3.05) is 18.5 Å². The second-order valence-electron chi connectivity index (χ2n) is 7.22. The number of esters is 1. The minimum Gasteiger partial charge on any atom is -0.463 e. The molecule has 1 aromatic rings. The summed E-state index contributed by atoms with van der Waals surface area (Å²) in [7, 11) is 0. The second-order valence-corrected chi connectivity index (χ2v) is 7.22. The average Bonchev–Trinajstić information content (AvgIpc) is 2.65. The van der Waals surface area contributed by atoms with Crippen molar-refractivity contribution in [3.8, 4) is 0 Å².